The molecule has 0 spiro atoms. The lowest BCUT2D eigenvalue weighted by Crippen LogP contribution is -2.42. The Labute approximate surface area is 107 Å². The van der Waals surface area contributed by atoms with Crippen LogP contribution in [0.1, 0.15) is 65.7 Å². The predicted molar refractivity (Wildman–Crippen MR) is 72.9 cm³/mol. The van der Waals surface area contributed by atoms with E-state index in [1.807, 2.05) is 0 Å². The number of nitrogens with zero attached hydrogens (tertiary/aromatic N) is 1. The standard InChI is InChI=1S/C15H29NO/c1-4-5-6-7-8-9-15(17)16-11-13(2)10-14(3)12-16/h13-14H,4-12H2,1-3H3/t13-,14-/m1/s1. The third kappa shape index (κ3) is 5.56. The van der Waals surface area contributed by atoms with Gasteiger partial charge in [0, 0.05) is 19.5 Å². The molecule has 0 saturated carbocycles. The second-order valence-electron chi connectivity index (χ2n) is 5.91. The Morgan fingerprint density at radius 2 is 1.65 bits per heavy atom. The molecule has 0 unspecified atom stereocenters. The monoisotopic (exact) mass is 239 g/mol. The molecule has 1 amide bonds. The highest BCUT2D eigenvalue weighted by Gasteiger charge is 2.24. The molecule has 0 bridgehead atoms. The first-order valence-corrected chi connectivity index (χ1v) is 7.41. The average molecular weight is 239 g/mol. The summed E-state index contributed by atoms with van der Waals surface area (Å²) in [6.45, 7) is 8.71. The number of unbranched alkanes of at least 4 members (excludes halogenated alkanes) is 4. The Hall–Kier alpha value is -0.530. The summed E-state index contributed by atoms with van der Waals surface area (Å²) in [7, 11) is 0. The van der Waals surface area contributed by atoms with Crippen LogP contribution in [0, 0.1) is 11.8 Å². The topological polar surface area (TPSA) is 20.3 Å². The summed E-state index contributed by atoms with van der Waals surface area (Å²) in [5.41, 5.74) is 0. The van der Waals surface area contributed by atoms with Crippen LogP contribution in [0.25, 0.3) is 0 Å². The van der Waals surface area contributed by atoms with E-state index in [0.29, 0.717) is 17.7 Å². The van der Waals surface area contributed by atoms with Gasteiger partial charge in [0.05, 0.1) is 0 Å². The zero-order valence-corrected chi connectivity index (χ0v) is 11.9. The van der Waals surface area contributed by atoms with Crippen molar-refractivity contribution in [2.24, 2.45) is 11.8 Å². The molecule has 0 aromatic heterocycles. The molecular weight excluding hydrogens is 210 g/mol. The van der Waals surface area contributed by atoms with Gasteiger partial charge in [-0.1, -0.05) is 46.5 Å². The molecule has 0 N–H and O–H groups in total. The number of carbonyl (C=O) groups excluding carboxylic acids is 1. The van der Waals surface area contributed by atoms with Crippen molar-refractivity contribution in [3.8, 4) is 0 Å². The molecule has 2 heteroatoms. The van der Waals surface area contributed by atoms with Crippen molar-refractivity contribution >= 4 is 5.91 Å². The number of hydrogen-bond donors (Lipinski definition) is 0. The second-order valence-corrected chi connectivity index (χ2v) is 5.91. The predicted octanol–water partition coefficient (Wildman–Crippen LogP) is 3.85. The van der Waals surface area contributed by atoms with Gasteiger partial charge in [0.2, 0.25) is 5.91 Å². The lowest BCUT2D eigenvalue weighted by Gasteiger charge is -2.35. The molecule has 0 aliphatic carbocycles. The van der Waals surface area contributed by atoms with Gasteiger partial charge in [-0.25, -0.2) is 0 Å². The van der Waals surface area contributed by atoms with Gasteiger partial charge in [0.1, 0.15) is 0 Å². The van der Waals surface area contributed by atoms with Crippen LogP contribution in [0.15, 0.2) is 0 Å². The van der Waals surface area contributed by atoms with Gasteiger partial charge >= 0.3 is 0 Å². The van der Waals surface area contributed by atoms with Crippen molar-refractivity contribution in [3.05, 3.63) is 0 Å². The fraction of sp³-hybridized carbons (Fsp3) is 0.933. The fourth-order valence-corrected chi connectivity index (χ4v) is 2.90. The Morgan fingerprint density at radius 3 is 2.24 bits per heavy atom. The van der Waals surface area contributed by atoms with Gasteiger partial charge in [0.25, 0.3) is 0 Å². The molecule has 1 aliphatic heterocycles. The van der Waals surface area contributed by atoms with Crippen molar-refractivity contribution in [1.29, 1.82) is 0 Å². The number of piperidine rings is 1. The van der Waals surface area contributed by atoms with Crippen LogP contribution in [-0.4, -0.2) is 23.9 Å². The maximum atomic E-state index is 12.0. The Balaban J connectivity index is 2.18. The van der Waals surface area contributed by atoms with Crippen LogP contribution >= 0.6 is 0 Å². The van der Waals surface area contributed by atoms with Crippen molar-refractivity contribution in [2.75, 3.05) is 13.1 Å². The average Bonchev–Trinajstić information content (AvgIpc) is 2.27. The Kier molecular flexibility index (Phi) is 6.61. The molecule has 1 heterocycles. The van der Waals surface area contributed by atoms with Crippen LogP contribution in [0.4, 0.5) is 0 Å². The van der Waals surface area contributed by atoms with Gasteiger partial charge in [-0.05, 0) is 24.7 Å². The minimum absolute atomic E-state index is 0.389. The lowest BCUT2D eigenvalue weighted by atomic mass is 9.91. The lowest BCUT2D eigenvalue weighted by molar-refractivity contribution is -0.134. The Morgan fingerprint density at radius 1 is 1.06 bits per heavy atom. The smallest absolute Gasteiger partial charge is 0.222 e. The summed E-state index contributed by atoms with van der Waals surface area (Å²) in [5.74, 6) is 1.76. The first kappa shape index (κ1) is 14.5. The van der Waals surface area contributed by atoms with E-state index in [4.69, 9.17) is 0 Å². The van der Waals surface area contributed by atoms with E-state index in [9.17, 15) is 4.79 Å². The molecule has 1 saturated heterocycles. The van der Waals surface area contributed by atoms with Gasteiger partial charge in [-0.2, -0.15) is 0 Å². The molecule has 2 nitrogen and oxygen atoms in total. The van der Waals surface area contributed by atoms with E-state index in [-0.39, 0.29) is 0 Å². The molecule has 0 aromatic rings. The zero-order valence-electron chi connectivity index (χ0n) is 11.9. The van der Waals surface area contributed by atoms with E-state index in [0.717, 1.165) is 25.9 Å². The normalized spacial score (nSPS) is 25.0. The van der Waals surface area contributed by atoms with Crippen LogP contribution in [0.3, 0.4) is 0 Å². The molecule has 0 aromatic carbocycles. The van der Waals surface area contributed by atoms with Gasteiger partial charge in [-0.3, -0.25) is 4.79 Å². The van der Waals surface area contributed by atoms with E-state index < -0.39 is 0 Å². The SMILES string of the molecule is CCCCCCCC(=O)N1C[C@H](C)C[C@@H](C)C1. The Bertz CT molecular complexity index is 217. The quantitative estimate of drug-likeness (QED) is 0.645. The van der Waals surface area contributed by atoms with Crippen molar-refractivity contribution in [1.82, 2.24) is 4.90 Å². The van der Waals surface area contributed by atoms with E-state index in [1.165, 1.54) is 32.1 Å². The number of carbonyl (C=O) groups is 1. The fourth-order valence-electron chi connectivity index (χ4n) is 2.90. The van der Waals surface area contributed by atoms with Crippen LogP contribution in [0.2, 0.25) is 0 Å². The molecule has 17 heavy (non-hydrogen) atoms. The number of amides is 1. The number of rotatable bonds is 6. The van der Waals surface area contributed by atoms with Gasteiger partial charge in [-0.15, -0.1) is 0 Å². The van der Waals surface area contributed by atoms with Crippen molar-refractivity contribution in [2.45, 2.75) is 65.7 Å². The third-order valence-corrected chi connectivity index (χ3v) is 3.72. The summed E-state index contributed by atoms with van der Waals surface area (Å²) in [4.78, 5) is 14.1. The summed E-state index contributed by atoms with van der Waals surface area (Å²) < 4.78 is 0. The van der Waals surface area contributed by atoms with Crippen LogP contribution in [-0.2, 0) is 4.79 Å². The number of likely N-dealkylation sites (tertiary alicyclic amines) is 1. The van der Waals surface area contributed by atoms with Crippen LogP contribution in [0.5, 0.6) is 0 Å². The first-order valence-electron chi connectivity index (χ1n) is 7.41. The molecule has 1 rings (SSSR count). The zero-order chi connectivity index (χ0) is 12.7. The van der Waals surface area contributed by atoms with E-state index in [1.54, 1.807) is 0 Å². The third-order valence-electron chi connectivity index (χ3n) is 3.72. The highest BCUT2D eigenvalue weighted by Crippen LogP contribution is 2.21. The highest BCUT2D eigenvalue weighted by molar-refractivity contribution is 5.76. The van der Waals surface area contributed by atoms with Crippen molar-refractivity contribution < 1.29 is 4.79 Å². The summed E-state index contributed by atoms with van der Waals surface area (Å²) in [6.07, 6.45) is 8.22. The molecule has 1 aliphatic rings. The summed E-state index contributed by atoms with van der Waals surface area (Å²) in [6, 6.07) is 0. The maximum Gasteiger partial charge on any atom is 0.222 e. The second kappa shape index (κ2) is 7.73. The number of hydrogen-bond acceptors (Lipinski definition) is 1. The molecule has 2 atom stereocenters. The largest absolute Gasteiger partial charge is 0.342 e. The maximum absolute atomic E-state index is 12.0. The molecule has 1 fully saturated rings. The summed E-state index contributed by atoms with van der Waals surface area (Å²) in [5, 5.41) is 0. The minimum Gasteiger partial charge on any atom is -0.342 e. The minimum atomic E-state index is 0.389. The van der Waals surface area contributed by atoms with Crippen molar-refractivity contribution in [3.63, 3.8) is 0 Å². The van der Waals surface area contributed by atoms with E-state index >= 15 is 0 Å². The van der Waals surface area contributed by atoms with Crippen LogP contribution < -0.4 is 0 Å². The molecular formula is C15H29NO. The molecule has 0 radical (unpaired) electrons. The van der Waals surface area contributed by atoms with Gasteiger partial charge < -0.3 is 4.90 Å². The van der Waals surface area contributed by atoms with Gasteiger partial charge in [0.15, 0.2) is 0 Å². The molecule has 100 valence electrons. The highest BCUT2D eigenvalue weighted by atomic mass is 16.2. The van der Waals surface area contributed by atoms with E-state index in [2.05, 4.69) is 25.7 Å². The summed E-state index contributed by atoms with van der Waals surface area (Å²) >= 11 is 0. The first-order chi connectivity index (χ1) is 8.13.